The molecule has 3 aliphatic heterocycles. The van der Waals surface area contributed by atoms with Gasteiger partial charge in [-0.15, -0.1) is 0 Å². The first-order chi connectivity index (χ1) is 13.0. The molecule has 8 heteroatoms. The molecular formula is C19H22FN3O4. The Morgan fingerprint density at radius 3 is 2.89 bits per heavy atom. The van der Waals surface area contributed by atoms with Crippen LogP contribution in [0.2, 0.25) is 0 Å². The second-order valence-electron chi connectivity index (χ2n) is 7.18. The number of nitrogens with one attached hydrogen (secondary N) is 1. The molecule has 0 aliphatic carbocycles. The van der Waals surface area contributed by atoms with E-state index in [9.17, 15) is 18.8 Å². The van der Waals surface area contributed by atoms with E-state index in [1.165, 1.54) is 21.9 Å². The second kappa shape index (κ2) is 7.26. The maximum absolute atomic E-state index is 13.9. The Kier molecular flexibility index (Phi) is 4.82. The summed E-state index contributed by atoms with van der Waals surface area (Å²) >= 11 is 0. The first kappa shape index (κ1) is 17.9. The van der Waals surface area contributed by atoms with E-state index < -0.39 is 11.9 Å². The van der Waals surface area contributed by atoms with Gasteiger partial charge in [-0.3, -0.25) is 14.4 Å². The summed E-state index contributed by atoms with van der Waals surface area (Å²) in [5, 5.41) is 2.78. The van der Waals surface area contributed by atoms with Crippen LogP contribution in [0.5, 0.6) is 0 Å². The topological polar surface area (TPSA) is 79.0 Å². The predicted octanol–water partition coefficient (Wildman–Crippen LogP) is 1.07. The van der Waals surface area contributed by atoms with Crippen molar-refractivity contribution in [1.82, 2.24) is 10.2 Å². The molecule has 7 nitrogen and oxygen atoms in total. The van der Waals surface area contributed by atoms with Crippen LogP contribution in [-0.4, -0.2) is 61.0 Å². The molecule has 0 spiro atoms. The number of nitrogens with zero attached hydrogens (tertiary/aromatic N) is 2. The Morgan fingerprint density at radius 2 is 2.11 bits per heavy atom. The highest BCUT2D eigenvalue weighted by Gasteiger charge is 2.42. The summed E-state index contributed by atoms with van der Waals surface area (Å²) in [7, 11) is 0. The fourth-order valence-electron chi connectivity index (χ4n) is 4.02. The molecular weight excluding hydrogens is 353 g/mol. The zero-order chi connectivity index (χ0) is 19.0. The van der Waals surface area contributed by atoms with Gasteiger partial charge >= 0.3 is 0 Å². The highest BCUT2D eigenvalue weighted by molar-refractivity contribution is 6.12. The van der Waals surface area contributed by atoms with Crippen molar-refractivity contribution in [2.24, 2.45) is 0 Å². The number of anilines is 1. The maximum atomic E-state index is 13.9. The molecule has 0 unspecified atom stereocenters. The van der Waals surface area contributed by atoms with Gasteiger partial charge in [0.2, 0.25) is 11.8 Å². The molecule has 27 heavy (non-hydrogen) atoms. The predicted molar refractivity (Wildman–Crippen MR) is 94.8 cm³/mol. The Bertz CT molecular complexity index is 778. The quantitative estimate of drug-likeness (QED) is 0.854. The molecule has 1 aromatic carbocycles. The number of fused-ring (bicyclic) bond motifs is 2. The highest BCUT2D eigenvalue weighted by Crippen LogP contribution is 2.32. The number of rotatable bonds is 4. The summed E-state index contributed by atoms with van der Waals surface area (Å²) in [6, 6.07) is 3.14. The summed E-state index contributed by atoms with van der Waals surface area (Å²) < 4.78 is 19.3. The molecule has 2 atom stereocenters. The molecule has 2 fully saturated rings. The van der Waals surface area contributed by atoms with Crippen molar-refractivity contribution in [1.29, 1.82) is 0 Å². The third kappa shape index (κ3) is 3.41. The minimum atomic E-state index is -0.598. The van der Waals surface area contributed by atoms with Crippen LogP contribution < -0.4 is 10.2 Å². The third-order valence-corrected chi connectivity index (χ3v) is 5.40. The molecule has 0 radical (unpaired) electrons. The number of halogens is 1. The number of carbonyl (C=O) groups is 3. The lowest BCUT2D eigenvalue weighted by Gasteiger charge is -2.25. The number of ether oxygens (including phenoxy) is 1. The minimum absolute atomic E-state index is 0.00887. The van der Waals surface area contributed by atoms with Crippen LogP contribution in [0.25, 0.3) is 0 Å². The SMILES string of the molecule is O=C(CN1C(=O)[C@@H]2CCCN2C(=O)c2ccc(F)cc21)NC[C@H]1CCCO1. The van der Waals surface area contributed by atoms with E-state index >= 15 is 0 Å². The molecule has 144 valence electrons. The lowest BCUT2D eigenvalue weighted by molar-refractivity contribution is -0.125. The minimum Gasteiger partial charge on any atom is -0.376 e. The van der Waals surface area contributed by atoms with Gasteiger partial charge in [0, 0.05) is 19.7 Å². The molecule has 4 rings (SSSR count). The van der Waals surface area contributed by atoms with Gasteiger partial charge in [0.1, 0.15) is 18.4 Å². The average Bonchev–Trinajstić information content (AvgIpc) is 3.33. The third-order valence-electron chi connectivity index (χ3n) is 5.40. The van der Waals surface area contributed by atoms with Gasteiger partial charge in [0.25, 0.3) is 5.91 Å². The molecule has 0 aromatic heterocycles. The number of hydrogen-bond donors (Lipinski definition) is 1. The van der Waals surface area contributed by atoms with Crippen molar-refractivity contribution < 1.29 is 23.5 Å². The van der Waals surface area contributed by atoms with Gasteiger partial charge in [-0.2, -0.15) is 0 Å². The molecule has 3 heterocycles. The lowest BCUT2D eigenvalue weighted by Crippen LogP contribution is -2.48. The van der Waals surface area contributed by atoms with Crippen molar-refractivity contribution in [2.75, 3.05) is 31.1 Å². The normalized spacial score (nSPS) is 24.6. The van der Waals surface area contributed by atoms with E-state index in [1.54, 1.807) is 0 Å². The van der Waals surface area contributed by atoms with Crippen molar-refractivity contribution in [2.45, 2.75) is 37.8 Å². The molecule has 2 saturated heterocycles. The highest BCUT2D eigenvalue weighted by atomic mass is 19.1. The fourth-order valence-corrected chi connectivity index (χ4v) is 4.02. The second-order valence-corrected chi connectivity index (χ2v) is 7.18. The number of amides is 3. The maximum Gasteiger partial charge on any atom is 0.256 e. The number of carbonyl (C=O) groups excluding carboxylic acids is 3. The Balaban J connectivity index is 1.58. The largest absolute Gasteiger partial charge is 0.376 e. The molecule has 1 aromatic rings. The first-order valence-corrected chi connectivity index (χ1v) is 9.35. The van der Waals surface area contributed by atoms with Crippen LogP contribution in [-0.2, 0) is 14.3 Å². The van der Waals surface area contributed by atoms with Gasteiger partial charge in [-0.1, -0.05) is 0 Å². The molecule has 1 N–H and O–H groups in total. The van der Waals surface area contributed by atoms with Crippen molar-refractivity contribution >= 4 is 23.4 Å². The van der Waals surface area contributed by atoms with Crippen LogP contribution in [0, 0.1) is 5.82 Å². The van der Waals surface area contributed by atoms with Gasteiger partial charge in [0.15, 0.2) is 0 Å². The van der Waals surface area contributed by atoms with E-state index in [4.69, 9.17) is 4.74 Å². The van der Waals surface area contributed by atoms with E-state index in [-0.39, 0.29) is 41.6 Å². The number of hydrogen-bond acceptors (Lipinski definition) is 4. The molecule has 3 amide bonds. The van der Waals surface area contributed by atoms with Crippen LogP contribution in [0.4, 0.5) is 10.1 Å². The van der Waals surface area contributed by atoms with E-state index in [1.807, 2.05) is 0 Å². The summed E-state index contributed by atoms with van der Waals surface area (Å²) in [5.74, 6) is -1.53. The number of benzene rings is 1. The van der Waals surface area contributed by atoms with E-state index in [2.05, 4.69) is 5.32 Å². The summed E-state index contributed by atoms with van der Waals surface area (Å²) in [4.78, 5) is 41.1. The van der Waals surface area contributed by atoms with Gasteiger partial charge < -0.3 is 19.9 Å². The first-order valence-electron chi connectivity index (χ1n) is 9.35. The molecule has 3 aliphatic rings. The zero-order valence-electron chi connectivity index (χ0n) is 14.9. The van der Waals surface area contributed by atoms with Gasteiger partial charge in [0.05, 0.1) is 17.4 Å². The van der Waals surface area contributed by atoms with Crippen molar-refractivity contribution in [3.05, 3.63) is 29.6 Å². The molecule has 0 saturated carbocycles. The van der Waals surface area contributed by atoms with Crippen molar-refractivity contribution in [3.8, 4) is 0 Å². The summed E-state index contributed by atoms with van der Waals surface area (Å²) in [6.07, 6.45) is 3.14. The van der Waals surface area contributed by atoms with Gasteiger partial charge in [-0.25, -0.2) is 4.39 Å². The van der Waals surface area contributed by atoms with Crippen LogP contribution in [0.1, 0.15) is 36.0 Å². The standard InChI is InChI=1S/C19H22FN3O4/c20-12-5-6-14-16(9-12)23(11-17(24)21-10-13-3-2-8-27-13)19(26)15-4-1-7-22(15)18(14)25/h5-6,9,13,15H,1-4,7-8,10-11H2,(H,21,24)/t13-,15+/m1/s1. The zero-order valence-corrected chi connectivity index (χ0v) is 14.9. The summed E-state index contributed by atoms with van der Waals surface area (Å²) in [6.45, 7) is 1.31. The van der Waals surface area contributed by atoms with E-state index in [0.29, 0.717) is 26.1 Å². The van der Waals surface area contributed by atoms with Crippen LogP contribution >= 0.6 is 0 Å². The monoisotopic (exact) mass is 375 g/mol. The van der Waals surface area contributed by atoms with Crippen LogP contribution in [0.15, 0.2) is 18.2 Å². The Morgan fingerprint density at radius 1 is 1.26 bits per heavy atom. The average molecular weight is 375 g/mol. The fraction of sp³-hybridized carbons (Fsp3) is 0.526. The van der Waals surface area contributed by atoms with E-state index in [0.717, 1.165) is 25.3 Å². The van der Waals surface area contributed by atoms with Crippen LogP contribution in [0.3, 0.4) is 0 Å². The Hall–Kier alpha value is -2.48. The summed E-state index contributed by atoms with van der Waals surface area (Å²) in [5.41, 5.74) is 0.410. The Labute approximate surface area is 156 Å². The lowest BCUT2D eigenvalue weighted by atomic mass is 10.1. The molecule has 0 bridgehead atoms. The van der Waals surface area contributed by atoms with Gasteiger partial charge in [-0.05, 0) is 43.9 Å². The van der Waals surface area contributed by atoms with Crippen molar-refractivity contribution in [3.63, 3.8) is 0 Å². The smallest absolute Gasteiger partial charge is 0.256 e.